The molecule has 1 aromatic rings. The summed E-state index contributed by atoms with van der Waals surface area (Å²) in [7, 11) is 1.44. The molecule has 1 N–H and O–H groups in total. The number of hydrogen-bond acceptors (Lipinski definition) is 3. The van der Waals surface area contributed by atoms with Crippen LogP contribution in [0.3, 0.4) is 0 Å². The predicted octanol–water partition coefficient (Wildman–Crippen LogP) is 0.493. The molecule has 5 nitrogen and oxygen atoms in total. The standard InChI is InChI=1S/C14H16N2O3/c1-16-13(18)8-7-11(14(16)19)15-12(17)9-10-5-3-2-4-6-10/h2-6,11H,7-9H2,1H3,(H,15,17)/t11-/m1/s1. The number of likely N-dealkylation sites (tertiary alicyclic amines) is 1. The van der Waals surface area contributed by atoms with E-state index in [0.29, 0.717) is 12.8 Å². The summed E-state index contributed by atoms with van der Waals surface area (Å²) < 4.78 is 0. The van der Waals surface area contributed by atoms with Gasteiger partial charge in [-0.05, 0) is 12.0 Å². The number of rotatable bonds is 3. The maximum Gasteiger partial charge on any atom is 0.251 e. The third-order valence-corrected chi connectivity index (χ3v) is 3.19. The van der Waals surface area contributed by atoms with Crippen LogP contribution in [0.25, 0.3) is 0 Å². The number of nitrogens with zero attached hydrogens (tertiary/aromatic N) is 1. The van der Waals surface area contributed by atoms with Crippen LogP contribution in [-0.4, -0.2) is 35.7 Å². The molecule has 5 heteroatoms. The fourth-order valence-electron chi connectivity index (χ4n) is 2.08. The molecule has 0 aromatic heterocycles. The van der Waals surface area contributed by atoms with Gasteiger partial charge in [0.1, 0.15) is 6.04 Å². The Morgan fingerprint density at radius 2 is 2.00 bits per heavy atom. The summed E-state index contributed by atoms with van der Waals surface area (Å²) in [6.45, 7) is 0. The van der Waals surface area contributed by atoms with E-state index in [4.69, 9.17) is 0 Å². The minimum absolute atomic E-state index is 0.196. The number of piperidine rings is 1. The highest BCUT2D eigenvalue weighted by Gasteiger charge is 2.32. The molecular weight excluding hydrogens is 244 g/mol. The van der Waals surface area contributed by atoms with E-state index in [2.05, 4.69) is 5.32 Å². The second kappa shape index (κ2) is 5.65. The van der Waals surface area contributed by atoms with Gasteiger partial charge in [0.2, 0.25) is 11.8 Å². The van der Waals surface area contributed by atoms with Gasteiger partial charge in [-0.15, -0.1) is 0 Å². The molecule has 1 fully saturated rings. The quantitative estimate of drug-likeness (QED) is 0.804. The summed E-state index contributed by atoms with van der Waals surface area (Å²) in [6.07, 6.45) is 0.906. The van der Waals surface area contributed by atoms with Gasteiger partial charge in [-0.2, -0.15) is 0 Å². The lowest BCUT2D eigenvalue weighted by Gasteiger charge is -2.28. The van der Waals surface area contributed by atoms with Gasteiger partial charge in [0.25, 0.3) is 5.91 Å². The zero-order chi connectivity index (χ0) is 13.8. The molecule has 2 rings (SSSR count). The Bertz CT molecular complexity index is 499. The fraction of sp³-hybridized carbons (Fsp3) is 0.357. The van der Waals surface area contributed by atoms with E-state index in [-0.39, 0.29) is 24.1 Å². The van der Waals surface area contributed by atoms with Crippen molar-refractivity contribution in [1.82, 2.24) is 10.2 Å². The van der Waals surface area contributed by atoms with Gasteiger partial charge in [0, 0.05) is 13.5 Å². The lowest BCUT2D eigenvalue weighted by Crippen LogP contribution is -2.53. The van der Waals surface area contributed by atoms with Crippen LogP contribution < -0.4 is 5.32 Å². The normalized spacial score (nSPS) is 19.4. The van der Waals surface area contributed by atoms with Crippen LogP contribution in [0.2, 0.25) is 0 Å². The molecule has 1 aliphatic heterocycles. The Hall–Kier alpha value is -2.17. The third-order valence-electron chi connectivity index (χ3n) is 3.19. The number of carbonyl (C=O) groups excluding carboxylic acids is 3. The zero-order valence-corrected chi connectivity index (χ0v) is 10.8. The monoisotopic (exact) mass is 260 g/mol. The maximum atomic E-state index is 11.8. The first kappa shape index (κ1) is 13.3. The smallest absolute Gasteiger partial charge is 0.251 e. The van der Waals surface area contributed by atoms with Crippen LogP contribution in [0.5, 0.6) is 0 Å². The summed E-state index contributed by atoms with van der Waals surface area (Å²) in [5.74, 6) is -0.733. The molecular formula is C14H16N2O3. The van der Waals surface area contributed by atoms with Crippen molar-refractivity contribution < 1.29 is 14.4 Å². The Labute approximate surface area is 111 Å². The van der Waals surface area contributed by atoms with E-state index in [9.17, 15) is 14.4 Å². The molecule has 1 atom stereocenters. The van der Waals surface area contributed by atoms with E-state index in [1.807, 2.05) is 30.3 Å². The first-order chi connectivity index (χ1) is 9.08. The lowest BCUT2D eigenvalue weighted by atomic mass is 10.0. The fourth-order valence-corrected chi connectivity index (χ4v) is 2.08. The summed E-state index contributed by atoms with van der Waals surface area (Å²) in [6, 6.07) is 8.74. The SMILES string of the molecule is CN1C(=O)CC[C@@H](NC(=O)Cc2ccccc2)C1=O. The summed E-state index contributed by atoms with van der Waals surface area (Å²) in [5, 5.41) is 2.69. The van der Waals surface area contributed by atoms with E-state index in [0.717, 1.165) is 10.5 Å². The minimum Gasteiger partial charge on any atom is -0.344 e. The number of carbonyl (C=O) groups is 3. The van der Waals surface area contributed by atoms with Crippen molar-refractivity contribution in [1.29, 1.82) is 0 Å². The highest BCUT2D eigenvalue weighted by Crippen LogP contribution is 2.11. The molecule has 1 saturated heterocycles. The second-order valence-corrected chi connectivity index (χ2v) is 4.61. The first-order valence-electron chi connectivity index (χ1n) is 6.21. The molecule has 1 aromatic carbocycles. The number of hydrogen-bond donors (Lipinski definition) is 1. The molecule has 1 aliphatic rings. The Balaban J connectivity index is 1.92. The van der Waals surface area contributed by atoms with E-state index in [1.54, 1.807) is 0 Å². The molecule has 1 heterocycles. The number of benzene rings is 1. The second-order valence-electron chi connectivity index (χ2n) is 4.61. The molecule has 100 valence electrons. The molecule has 3 amide bonds. The van der Waals surface area contributed by atoms with Gasteiger partial charge in [-0.1, -0.05) is 30.3 Å². The average Bonchev–Trinajstić information content (AvgIpc) is 2.41. The Morgan fingerprint density at radius 3 is 2.68 bits per heavy atom. The maximum absolute atomic E-state index is 11.8. The zero-order valence-electron chi connectivity index (χ0n) is 10.8. The molecule has 19 heavy (non-hydrogen) atoms. The molecule has 0 bridgehead atoms. The van der Waals surface area contributed by atoms with Crippen LogP contribution in [0.15, 0.2) is 30.3 Å². The minimum atomic E-state index is -0.584. The summed E-state index contributed by atoms with van der Waals surface area (Å²) >= 11 is 0. The van der Waals surface area contributed by atoms with E-state index < -0.39 is 6.04 Å². The Morgan fingerprint density at radius 1 is 1.32 bits per heavy atom. The Kier molecular flexibility index (Phi) is 3.94. The number of imide groups is 1. The first-order valence-corrected chi connectivity index (χ1v) is 6.21. The van der Waals surface area contributed by atoms with Crippen molar-refractivity contribution in [3.63, 3.8) is 0 Å². The highest BCUT2D eigenvalue weighted by atomic mass is 16.2. The largest absolute Gasteiger partial charge is 0.344 e. The van der Waals surface area contributed by atoms with Crippen LogP contribution in [0.1, 0.15) is 18.4 Å². The number of nitrogens with one attached hydrogen (secondary N) is 1. The van der Waals surface area contributed by atoms with Gasteiger partial charge < -0.3 is 5.32 Å². The van der Waals surface area contributed by atoms with Crippen LogP contribution in [0.4, 0.5) is 0 Å². The summed E-state index contributed by atoms with van der Waals surface area (Å²) in [5.41, 5.74) is 0.896. The highest BCUT2D eigenvalue weighted by molar-refractivity contribution is 6.01. The topological polar surface area (TPSA) is 66.5 Å². The van der Waals surface area contributed by atoms with E-state index in [1.165, 1.54) is 7.05 Å². The van der Waals surface area contributed by atoms with Gasteiger partial charge in [-0.3, -0.25) is 19.3 Å². The van der Waals surface area contributed by atoms with Crippen molar-refractivity contribution in [2.75, 3.05) is 7.05 Å². The number of amides is 3. The van der Waals surface area contributed by atoms with Crippen LogP contribution in [-0.2, 0) is 20.8 Å². The number of likely N-dealkylation sites (N-methyl/N-ethyl adjacent to an activating group) is 1. The van der Waals surface area contributed by atoms with Crippen molar-refractivity contribution in [3.05, 3.63) is 35.9 Å². The molecule has 0 saturated carbocycles. The average molecular weight is 260 g/mol. The van der Waals surface area contributed by atoms with Crippen LogP contribution >= 0.6 is 0 Å². The van der Waals surface area contributed by atoms with Crippen LogP contribution in [0, 0.1) is 0 Å². The molecule has 0 radical (unpaired) electrons. The van der Waals surface area contributed by atoms with Crippen molar-refractivity contribution >= 4 is 17.7 Å². The van der Waals surface area contributed by atoms with E-state index >= 15 is 0 Å². The van der Waals surface area contributed by atoms with Gasteiger partial charge >= 0.3 is 0 Å². The molecule has 0 spiro atoms. The van der Waals surface area contributed by atoms with Gasteiger partial charge in [0.15, 0.2) is 0 Å². The van der Waals surface area contributed by atoms with Crippen molar-refractivity contribution in [2.45, 2.75) is 25.3 Å². The lowest BCUT2D eigenvalue weighted by molar-refractivity contribution is -0.149. The van der Waals surface area contributed by atoms with Gasteiger partial charge in [0.05, 0.1) is 6.42 Å². The molecule has 0 aliphatic carbocycles. The van der Waals surface area contributed by atoms with Crippen molar-refractivity contribution in [3.8, 4) is 0 Å². The predicted molar refractivity (Wildman–Crippen MR) is 69.1 cm³/mol. The third kappa shape index (κ3) is 3.19. The molecule has 0 unspecified atom stereocenters. The van der Waals surface area contributed by atoms with Crippen molar-refractivity contribution in [2.24, 2.45) is 0 Å². The van der Waals surface area contributed by atoms with Gasteiger partial charge in [-0.25, -0.2) is 0 Å². The summed E-state index contributed by atoms with van der Waals surface area (Å²) in [4.78, 5) is 36.1.